The minimum atomic E-state index is -0.549. The molecule has 20 heavy (non-hydrogen) atoms. The lowest BCUT2D eigenvalue weighted by Gasteiger charge is -2.16. The summed E-state index contributed by atoms with van der Waals surface area (Å²) in [6, 6.07) is 8.93. The Morgan fingerprint density at radius 2 is 1.85 bits per heavy atom. The van der Waals surface area contributed by atoms with Gasteiger partial charge in [-0.1, -0.05) is 39.7 Å². The van der Waals surface area contributed by atoms with Gasteiger partial charge in [-0.25, -0.2) is 8.78 Å². The third kappa shape index (κ3) is 3.57. The quantitative estimate of drug-likeness (QED) is 0.787. The lowest BCUT2D eigenvalue weighted by Crippen LogP contribution is -2.20. The SMILES string of the molecule is CC(NCc1ccc(Br)cc1Cl)c1c(F)cccc1F. The van der Waals surface area contributed by atoms with Gasteiger partial charge in [0, 0.05) is 27.6 Å². The van der Waals surface area contributed by atoms with E-state index in [1.165, 1.54) is 18.2 Å². The van der Waals surface area contributed by atoms with Gasteiger partial charge in [0.1, 0.15) is 11.6 Å². The van der Waals surface area contributed by atoms with Crippen LogP contribution in [0.1, 0.15) is 24.1 Å². The van der Waals surface area contributed by atoms with E-state index in [1.54, 1.807) is 13.0 Å². The first-order chi connectivity index (χ1) is 9.49. The molecular formula is C15H13BrClF2N. The molecule has 0 aliphatic heterocycles. The predicted octanol–water partition coefficient (Wildman–Crippen LogP) is 5.23. The van der Waals surface area contributed by atoms with E-state index in [9.17, 15) is 8.78 Å². The molecule has 1 N–H and O–H groups in total. The van der Waals surface area contributed by atoms with Crippen molar-refractivity contribution < 1.29 is 8.78 Å². The molecule has 1 unspecified atom stereocenters. The van der Waals surface area contributed by atoms with E-state index < -0.39 is 17.7 Å². The summed E-state index contributed by atoms with van der Waals surface area (Å²) in [4.78, 5) is 0. The summed E-state index contributed by atoms with van der Waals surface area (Å²) in [6.45, 7) is 2.15. The number of benzene rings is 2. The normalized spacial score (nSPS) is 12.4. The molecule has 1 atom stereocenters. The molecule has 0 heterocycles. The van der Waals surface area contributed by atoms with Gasteiger partial charge >= 0.3 is 0 Å². The van der Waals surface area contributed by atoms with Crippen LogP contribution in [0.15, 0.2) is 40.9 Å². The maximum Gasteiger partial charge on any atom is 0.130 e. The summed E-state index contributed by atoms with van der Waals surface area (Å²) in [7, 11) is 0. The minimum absolute atomic E-state index is 0.0423. The Kier molecular flexibility index (Phi) is 5.13. The lowest BCUT2D eigenvalue weighted by molar-refractivity contribution is 0.487. The van der Waals surface area contributed by atoms with Crippen LogP contribution in [0.5, 0.6) is 0 Å². The third-order valence-electron chi connectivity index (χ3n) is 3.05. The Hall–Kier alpha value is -0.970. The van der Waals surface area contributed by atoms with Gasteiger partial charge in [-0.15, -0.1) is 0 Å². The topological polar surface area (TPSA) is 12.0 Å². The molecule has 0 saturated heterocycles. The van der Waals surface area contributed by atoms with Crippen LogP contribution in [-0.2, 0) is 6.54 Å². The highest BCUT2D eigenvalue weighted by Crippen LogP contribution is 2.24. The minimum Gasteiger partial charge on any atom is -0.306 e. The Balaban J connectivity index is 2.11. The van der Waals surface area contributed by atoms with Crippen molar-refractivity contribution in [1.82, 2.24) is 5.32 Å². The van der Waals surface area contributed by atoms with Crippen LogP contribution in [0.2, 0.25) is 5.02 Å². The molecule has 1 nitrogen and oxygen atoms in total. The Morgan fingerprint density at radius 3 is 2.45 bits per heavy atom. The van der Waals surface area contributed by atoms with E-state index in [1.807, 2.05) is 12.1 Å². The third-order valence-corrected chi connectivity index (χ3v) is 3.89. The summed E-state index contributed by atoms with van der Waals surface area (Å²) in [5, 5.41) is 3.68. The predicted molar refractivity (Wildman–Crippen MR) is 80.8 cm³/mol. The summed E-state index contributed by atoms with van der Waals surface area (Å²) in [5.74, 6) is -1.10. The van der Waals surface area contributed by atoms with Crippen molar-refractivity contribution in [3.63, 3.8) is 0 Å². The number of rotatable bonds is 4. The average molecular weight is 361 g/mol. The molecule has 2 rings (SSSR count). The fourth-order valence-corrected chi connectivity index (χ4v) is 2.69. The number of halogens is 4. The van der Waals surface area contributed by atoms with Crippen molar-refractivity contribution in [2.24, 2.45) is 0 Å². The first-order valence-electron chi connectivity index (χ1n) is 6.10. The second-order valence-corrected chi connectivity index (χ2v) is 5.80. The molecule has 0 saturated carbocycles. The van der Waals surface area contributed by atoms with Crippen LogP contribution in [0, 0.1) is 11.6 Å². The van der Waals surface area contributed by atoms with Crippen molar-refractivity contribution in [1.29, 1.82) is 0 Å². The van der Waals surface area contributed by atoms with Crippen LogP contribution in [-0.4, -0.2) is 0 Å². The van der Waals surface area contributed by atoms with Crippen LogP contribution in [0.4, 0.5) is 8.78 Å². The number of hydrogen-bond donors (Lipinski definition) is 1. The van der Waals surface area contributed by atoms with Gasteiger partial charge in [0.05, 0.1) is 0 Å². The molecule has 5 heteroatoms. The van der Waals surface area contributed by atoms with E-state index >= 15 is 0 Å². The zero-order valence-corrected chi connectivity index (χ0v) is 13.1. The van der Waals surface area contributed by atoms with E-state index in [0.29, 0.717) is 11.6 Å². The van der Waals surface area contributed by atoms with Gasteiger partial charge in [-0.3, -0.25) is 0 Å². The lowest BCUT2D eigenvalue weighted by atomic mass is 10.1. The van der Waals surface area contributed by atoms with Crippen LogP contribution >= 0.6 is 27.5 Å². The van der Waals surface area contributed by atoms with Crippen LogP contribution in [0.25, 0.3) is 0 Å². The van der Waals surface area contributed by atoms with E-state index in [4.69, 9.17) is 11.6 Å². The smallest absolute Gasteiger partial charge is 0.130 e. The highest BCUT2D eigenvalue weighted by molar-refractivity contribution is 9.10. The summed E-state index contributed by atoms with van der Waals surface area (Å²) in [6.07, 6.45) is 0. The zero-order valence-electron chi connectivity index (χ0n) is 10.8. The molecule has 2 aromatic rings. The number of nitrogens with one attached hydrogen (secondary N) is 1. The Labute approximate surface area is 130 Å². The maximum atomic E-state index is 13.6. The maximum absolute atomic E-state index is 13.6. The second kappa shape index (κ2) is 6.66. The average Bonchev–Trinajstić information content (AvgIpc) is 2.37. The van der Waals surface area contributed by atoms with Gasteiger partial charge < -0.3 is 5.32 Å². The Morgan fingerprint density at radius 1 is 1.20 bits per heavy atom. The number of hydrogen-bond acceptors (Lipinski definition) is 1. The molecule has 0 fully saturated rings. The van der Waals surface area contributed by atoms with Crippen LogP contribution < -0.4 is 5.32 Å². The monoisotopic (exact) mass is 359 g/mol. The Bertz CT molecular complexity index is 599. The van der Waals surface area contributed by atoms with Crippen molar-refractivity contribution in [3.8, 4) is 0 Å². The standard InChI is InChI=1S/C15H13BrClF2N/c1-9(15-13(18)3-2-4-14(15)19)20-8-10-5-6-11(16)7-12(10)17/h2-7,9,20H,8H2,1H3. The second-order valence-electron chi connectivity index (χ2n) is 4.47. The summed E-state index contributed by atoms with van der Waals surface area (Å²) < 4.78 is 28.2. The van der Waals surface area contributed by atoms with Crippen molar-refractivity contribution in [2.75, 3.05) is 0 Å². The first-order valence-corrected chi connectivity index (χ1v) is 7.27. The van der Waals surface area contributed by atoms with E-state index in [-0.39, 0.29) is 5.56 Å². The largest absolute Gasteiger partial charge is 0.306 e. The van der Waals surface area contributed by atoms with Crippen molar-refractivity contribution in [2.45, 2.75) is 19.5 Å². The highest BCUT2D eigenvalue weighted by Gasteiger charge is 2.15. The van der Waals surface area contributed by atoms with Gasteiger partial charge in [-0.2, -0.15) is 0 Å². The molecule has 0 amide bonds. The molecular weight excluding hydrogens is 348 g/mol. The molecule has 0 spiro atoms. The molecule has 0 radical (unpaired) electrons. The fraction of sp³-hybridized carbons (Fsp3) is 0.200. The van der Waals surface area contributed by atoms with Crippen molar-refractivity contribution in [3.05, 3.63) is 68.7 Å². The van der Waals surface area contributed by atoms with Gasteiger partial charge in [0.15, 0.2) is 0 Å². The van der Waals surface area contributed by atoms with Crippen molar-refractivity contribution >= 4 is 27.5 Å². The zero-order chi connectivity index (χ0) is 14.7. The summed E-state index contributed by atoms with van der Waals surface area (Å²) in [5.41, 5.74) is 0.916. The molecule has 2 aromatic carbocycles. The van der Waals surface area contributed by atoms with E-state index in [0.717, 1.165) is 10.0 Å². The van der Waals surface area contributed by atoms with Gasteiger partial charge in [-0.05, 0) is 36.8 Å². The molecule has 0 aliphatic rings. The molecule has 0 aliphatic carbocycles. The van der Waals surface area contributed by atoms with Gasteiger partial charge in [0.2, 0.25) is 0 Å². The molecule has 0 bridgehead atoms. The van der Waals surface area contributed by atoms with Gasteiger partial charge in [0.25, 0.3) is 0 Å². The van der Waals surface area contributed by atoms with Crippen LogP contribution in [0.3, 0.4) is 0 Å². The summed E-state index contributed by atoms with van der Waals surface area (Å²) >= 11 is 9.43. The first kappa shape index (κ1) is 15.4. The molecule has 0 aromatic heterocycles. The highest BCUT2D eigenvalue weighted by atomic mass is 79.9. The molecule has 106 valence electrons. The fourth-order valence-electron chi connectivity index (χ4n) is 1.95. The van der Waals surface area contributed by atoms with E-state index in [2.05, 4.69) is 21.2 Å².